The van der Waals surface area contributed by atoms with Crippen LogP contribution in [-0.2, 0) is 0 Å². The Hall–Kier alpha value is -2.56. The number of benzene rings is 1. The number of imidazole rings is 1. The highest BCUT2D eigenvalue weighted by Crippen LogP contribution is 2.15. The van der Waals surface area contributed by atoms with Gasteiger partial charge in [-0.15, -0.1) is 0 Å². The fourth-order valence-corrected chi connectivity index (χ4v) is 1.93. The second-order valence-corrected chi connectivity index (χ2v) is 4.18. The zero-order valence-electron chi connectivity index (χ0n) is 10.2. The maximum absolute atomic E-state index is 13.1. The summed E-state index contributed by atoms with van der Waals surface area (Å²) < 4.78 is 14.5. The van der Waals surface area contributed by atoms with Crippen molar-refractivity contribution in [3.05, 3.63) is 60.1 Å². The summed E-state index contributed by atoms with van der Waals surface area (Å²) in [6, 6.07) is 7.54. The van der Waals surface area contributed by atoms with Crippen molar-refractivity contribution in [2.75, 3.05) is 0 Å². The first kappa shape index (κ1) is 11.5. The summed E-state index contributed by atoms with van der Waals surface area (Å²) in [6.45, 7) is 1.74. The first-order chi connectivity index (χ1) is 9.15. The maximum Gasteiger partial charge on any atom is 0.281 e. The number of pyridine rings is 1. The molecule has 0 aliphatic carbocycles. The Morgan fingerprint density at radius 2 is 2.11 bits per heavy atom. The largest absolute Gasteiger partial charge is 0.281 e. The number of fused-ring (bicyclic) bond motifs is 1. The Labute approximate surface area is 108 Å². The average Bonchev–Trinajstić information content (AvgIpc) is 2.83. The summed E-state index contributed by atoms with van der Waals surface area (Å²) >= 11 is 0. The highest BCUT2D eigenvalue weighted by atomic mass is 19.1. The molecule has 0 atom stereocenters. The van der Waals surface area contributed by atoms with Crippen molar-refractivity contribution in [1.82, 2.24) is 14.5 Å². The van der Waals surface area contributed by atoms with Crippen molar-refractivity contribution in [2.45, 2.75) is 6.92 Å². The van der Waals surface area contributed by atoms with Crippen LogP contribution in [0, 0.1) is 12.7 Å². The summed E-state index contributed by atoms with van der Waals surface area (Å²) in [5.74, 6) is 0.0334. The molecule has 0 aliphatic heterocycles. The van der Waals surface area contributed by atoms with Crippen LogP contribution in [0.5, 0.6) is 0 Å². The van der Waals surface area contributed by atoms with Crippen LogP contribution in [0.4, 0.5) is 4.39 Å². The predicted octanol–water partition coefficient (Wildman–Crippen LogP) is 2.57. The molecule has 0 unspecified atom stereocenters. The number of nitrogens with zero attached hydrogens (tertiary/aromatic N) is 3. The van der Waals surface area contributed by atoms with Gasteiger partial charge in [0.05, 0.1) is 5.52 Å². The van der Waals surface area contributed by atoms with Gasteiger partial charge in [-0.1, -0.05) is 6.07 Å². The van der Waals surface area contributed by atoms with Crippen LogP contribution in [0.25, 0.3) is 10.9 Å². The van der Waals surface area contributed by atoms with Gasteiger partial charge in [-0.05, 0) is 31.2 Å². The lowest BCUT2D eigenvalue weighted by Gasteiger charge is -2.04. The number of aromatic nitrogens is 3. The van der Waals surface area contributed by atoms with Crippen LogP contribution in [0.2, 0.25) is 0 Å². The van der Waals surface area contributed by atoms with Crippen LogP contribution in [0.15, 0.2) is 42.7 Å². The van der Waals surface area contributed by atoms with Crippen molar-refractivity contribution in [3.8, 4) is 0 Å². The Morgan fingerprint density at radius 3 is 2.84 bits per heavy atom. The van der Waals surface area contributed by atoms with Gasteiger partial charge in [-0.3, -0.25) is 9.36 Å². The minimum atomic E-state index is -0.321. The van der Waals surface area contributed by atoms with Crippen molar-refractivity contribution in [3.63, 3.8) is 0 Å². The molecule has 0 aliphatic rings. The minimum Gasteiger partial charge on any atom is -0.268 e. The molecule has 0 N–H and O–H groups in total. The Bertz CT molecular complexity index is 779. The molecule has 0 fully saturated rings. The Balaban J connectivity index is 2.09. The summed E-state index contributed by atoms with van der Waals surface area (Å²) in [5, 5.41) is 0.666. The van der Waals surface area contributed by atoms with Gasteiger partial charge in [0.2, 0.25) is 0 Å². The van der Waals surface area contributed by atoms with E-state index in [9.17, 15) is 9.18 Å². The van der Waals surface area contributed by atoms with Crippen molar-refractivity contribution >= 4 is 16.8 Å². The van der Waals surface area contributed by atoms with E-state index < -0.39 is 0 Å². The predicted molar refractivity (Wildman–Crippen MR) is 68.4 cm³/mol. The maximum atomic E-state index is 13.1. The van der Waals surface area contributed by atoms with Crippen LogP contribution in [0.1, 0.15) is 16.3 Å². The van der Waals surface area contributed by atoms with E-state index in [-0.39, 0.29) is 11.7 Å². The molecule has 2 aromatic heterocycles. The number of halogens is 1. The van der Waals surface area contributed by atoms with Crippen LogP contribution in [0.3, 0.4) is 0 Å². The Kier molecular flexibility index (Phi) is 2.59. The molecule has 0 radical (unpaired) electrons. The second-order valence-electron chi connectivity index (χ2n) is 4.18. The molecule has 5 heteroatoms. The van der Waals surface area contributed by atoms with E-state index >= 15 is 0 Å². The highest BCUT2D eigenvalue weighted by molar-refractivity contribution is 5.96. The van der Waals surface area contributed by atoms with Gasteiger partial charge in [0.25, 0.3) is 5.91 Å². The molecule has 1 aromatic carbocycles. The molecule has 3 rings (SSSR count). The van der Waals surface area contributed by atoms with Gasteiger partial charge in [-0.25, -0.2) is 14.4 Å². The monoisotopic (exact) mass is 255 g/mol. The number of carbonyl (C=O) groups excluding carboxylic acids is 1. The Morgan fingerprint density at radius 1 is 1.26 bits per heavy atom. The summed E-state index contributed by atoms with van der Waals surface area (Å²) in [4.78, 5) is 20.5. The van der Waals surface area contributed by atoms with Crippen LogP contribution < -0.4 is 0 Å². The third-order valence-electron chi connectivity index (χ3n) is 2.91. The van der Waals surface area contributed by atoms with Gasteiger partial charge >= 0.3 is 0 Å². The van der Waals surface area contributed by atoms with Crippen molar-refractivity contribution in [1.29, 1.82) is 0 Å². The van der Waals surface area contributed by atoms with Gasteiger partial charge in [0.15, 0.2) is 0 Å². The van der Waals surface area contributed by atoms with Gasteiger partial charge in [-0.2, -0.15) is 0 Å². The molecule has 19 heavy (non-hydrogen) atoms. The number of rotatable bonds is 1. The molecule has 0 amide bonds. The number of carbonyl (C=O) groups is 1. The third-order valence-corrected chi connectivity index (χ3v) is 2.91. The standard InChI is InChI=1S/C14H10FN3O/c1-9-16-6-7-18(9)14(19)13-4-2-10-8-11(15)3-5-12(10)17-13/h2-8H,1H3. The first-order valence-corrected chi connectivity index (χ1v) is 5.76. The first-order valence-electron chi connectivity index (χ1n) is 5.76. The van der Waals surface area contributed by atoms with Crippen molar-refractivity contribution in [2.24, 2.45) is 0 Å². The molecular weight excluding hydrogens is 245 g/mol. The topological polar surface area (TPSA) is 47.8 Å². The quantitative estimate of drug-likeness (QED) is 0.671. The molecule has 0 saturated heterocycles. The van der Waals surface area contributed by atoms with E-state index in [1.807, 2.05) is 0 Å². The summed E-state index contributed by atoms with van der Waals surface area (Å²) in [6.07, 6.45) is 3.15. The fourth-order valence-electron chi connectivity index (χ4n) is 1.93. The summed E-state index contributed by atoms with van der Waals surface area (Å²) in [5.41, 5.74) is 0.894. The van der Waals surface area contributed by atoms with E-state index in [2.05, 4.69) is 9.97 Å². The average molecular weight is 255 g/mol. The molecule has 94 valence electrons. The molecule has 2 heterocycles. The lowest BCUT2D eigenvalue weighted by atomic mass is 10.2. The zero-order valence-corrected chi connectivity index (χ0v) is 10.2. The molecule has 4 nitrogen and oxygen atoms in total. The normalized spacial score (nSPS) is 10.8. The van der Waals surface area contributed by atoms with E-state index in [4.69, 9.17) is 0 Å². The number of hydrogen-bond acceptors (Lipinski definition) is 3. The van der Waals surface area contributed by atoms with Crippen molar-refractivity contribution < 1.29 is 9.18 Å². The van der Waals surface area contributed by atoms with Crippen LogP contribution >= 0.6 is 0 Å². The fraction of sp³-hybridized carbons (Fsp3) is 0.0714. The van der Waals surface area contributed by atoms with Gasteiger partial charge < -0.3 is 0 Å². The van der Waals surface area contributed by atoms with E-state index in [1.54, 1.807) is 37.5 Å². The second kappa shape index (κ2) is 4.28. The number of aryl methyl sites for hydroxylation is 1. The van der Waals surface area contributed by atoms with E-state index in [0.29, 0.717) is 22.4 Å². The smallest absolute Gasteiger partial charge is 0.268 e. The highest BCUT2D eigenvalue weighted by Gasteiger charge is 2.12. The SMILES string of the molecule is Cc1nccn1C(=O)c1ccc2cc(F)ccc2n1. The minimum absolute atomic E-state index is 0.249. The molecule has 0 spiro atoms. The van der Waals surface area contributed by atoms with Gasteiger partial charge in [0.1, 0.15) is 17.3 Å². The van der Waals surface area contributed by atoms with E-state index in [1.165, 1.54) is 16.7 Å². The molecular formula is C14H10FN3O. The lowest BCUT2D eigenvalue weighted by Crippen LogP contribution is -2.14. The third kappa shape index (κ3) is 1.99. The lowest BCUT2D eigenvalue weighted by molar-refractivity contribution is 0.0953. The molecule has 0 bridgehead atoms. The summed E-state index contributed by atoms with van der Waals surface area (Å²) in [7, 11) is 0. The van der Waals surface area contributed by atoms with E-state index in [0.717, 1.165) is 0 Å². The van der Waals surface area contributed by atoms with Gasteiger partial charge in [0, 0.05) is 17.8 Å². The number of hydrogen-bond donors (Lipinski definition) is 0. The molecule has 3 aromatic rings. The zero-order chi connectivity index (χ0) is 13.4. The van der Waals surface area contributed by atoms with Crippen LogP contribution in [-0.4, -0.2) is 20.4 Å². The molecule has 0 saturated carbocycles.